The summed E-state index contributed by atoms with van der Waals surface area (Å²) in [5.41, 5.74) is 3.16. The summed E-state index contributed by atoms with van der Waals surface area (Å²) in [6, 6.07) is 7.78. The first kappa shape index (κ1) is 16.9. The molecule has 0 aliphatic carbocycles. The molecule has 1 aliphatic rings. The summed E-state index contributed by atoms with van der Waals surface area (Å²) in [7, 11) is 0. The number of hydrogen-bond donors (Lipinski definition) is 1. The molecule has 3 rings (SSSR count). The molecular weight excluding hydrogens is 329 g/mol. The van der Waals surface area contributed by atoms with Gasteiger partial charge in [-0.2, -0.15) is 0 Å². The average molecular weight is 348 g/mol. The molecule has 1 unspecified atom stereocenters. The lowest BCUT2D eigenvalue weighted by molar-refractivity contribution is 0.101. The van der Waals surface area contributed by atoms with E-state index in [1.807, 2.05) is 11.8 Å². The summed E-state index contributed by atoms with van der Waals surface area (Å²) in [5, 5.41) is 10.8. The number of anilines is 1. The molecule has 1 aliphatic heterocycles. The maximum Gasteiger partial charge on any atom is 0.160 e. The Morgan fingerprint density at radius 2 is 2.12 bits per heavy atom. The van der Waals surface area contributed by atoms with Gasteiger partial charge in [0.1, 0.15) is 12.0 Å². The number of hydrogen-bond acceptors (Lipinski definition) is 3. The molecular formula is C19H19ClFNO2. The van der Waals surface area contributed by atoms with Gasteiger partial charge >= 0.3 is 0 Å². The summed E-state index contributed by atoms with van der Waals surface area (Å²) in [6.07, 6.45) is 0.879. The van der Waals surface area contributed by atoms with E-state index in [1.165, 1.54) is 19.1 Å². The van der Waals surface area contributed by atoms with Crippen LogP contribution in [0.5, 0.6) is 0 Å². The second-order valence-corrected chi connectivity index (χ2v) is 6.54. The second kappa shape index (κ2) is 6.54. The van der Waals surface area contributed by atoms with E-state index in [1.54, 1.807) is 18.2 Å². The quantitative estimate of drug-likeness (QED) is 0.826. The molecule has 0 saturated carbocycles. The number of aliphatic hydroxyl groups excluding tert-OH is 1. The van der Waals surface area contributed by atoms with Crippen molar-refractivity contribution in [2.24, 2.45) is 0 Å². The Morgan fingerprint density at radius 3 is 2.71 bits per heavy atom. The molecule has 126 valence electrons. The van der Waals surface area contributed by atoms with Gasteiger partial charge in [-0.1, -0.05) is 23.7 Å². The zero-order valence-corrected chi connectivity index (χ0v) is 14.4. The fourth-order valence-electron chi connectivity index (χ4n) is 3.32. The Kier molecular flexibility index (Phi) is 4.61. The fourth-order valence-corrected chi connectivity index (χ4v) is 3.52. The number of benzene rings is 2. The van der Waals surface area contributed by atoms with Crippen LogP contribution in [0.4, 0.5) is 10.1 Å². The molecule has 0 spiro atoms. The van der Waals surface area contributed by atoms with Crippen molar-refractivity contribution < 1.29 is 14.3 Å². The number of aliphatic hydroxyl groups is 1. The lowest BCUT2D eigenvalue weighted by atomic mass is 9.92. The minimum absolute atomic E-state index is 0.147. The molecule has 0 radical (unpaired) electrons. The van der Waals surface area contributed by atoms with E-state index >= 15 is 0 Å². The highest BCUT2D eigenvalue weighted by Crippen LogP contribution is 2.43. The van der Waals surface area contributed by atoms with Crippen molar-refractivity contribution in [1.29, 1.82) is 0 Å². The molecule has 2 aromatic rings. The van der Waals surface area contributed by atoms with Crippen molar-refractivity contribution in [3.05, 3.63) is 52.3 Å². The van der Waals surface area contributed by atoms with Crippen molar-refractivity contribution in [2.45, 2.75) is 32.9 Å². The predicted octanol–water partition coefficient (Wildman–Crippen LogP) is 4.58. The van der Waals surface area contributed by atoms with Crippen molar-refractivity contribution in [3.8, 4) is 11.1 Å². The Morgan fingerprint density at radius 1 is 1.38 bits per heavy atom. The predicted molar refractivity (Wildman–Crippen MR) is 94.2 cm³/mol. The topological polar surface area (TPSA) is 40.5 Å². The average Bonchev–Trinajstić information content (AvgIpc) is 2.95. The van der Waals surface area contributed by atoms with E-state index in [0.29, 0.717) is 40.4 Å². The first-order chi connectivity index (χ1) is 11.4. The highest BCUT2D eigenvalue weighted by molar-refractivity contribution is 6.32. The zero-order chi connectivity index (χ0) is 17.4. The van der Waals surface area contributed by atoms with Crippen LogP contribution in [-0.4, -0.2) is 23.7 Å². The molecule has 1 saturated heterocycles. The van der Waals surface area contributed by atoms with Gasteiger partial charge < -0.3 is 10.0 Å². The standard InChI is InChI=1S/C19H19ClFNO2/c1-11-16(20)10-15(12(2)23)18(13-5-3-6-14(21)9-13)19(11)22-8-4-7-17(22)24/h3,5-6,9-10,17,24H,4,7-8H2,1-2H3. The summed E-state index contributed by atoms with van der Waals surface area (Å²) in [5.74, 6) is -0.520. The van der Waals surface area contributed by atoms with Gasteiger partial charge in [0.05, 0.1) is 5.69 Å². The number of carbonyl (C=O) groups is 1. The number of nitrogens with zero attached hydrogens (tertiary/aromatic N) is 1. The van der Waals surface area contributed by atoms with Crippen LogP contribution < -0.4 is 4.90 Å². The number of ketones is 1. The van der Waals surface area contributed by atoms with Crippen LogP contribution >= 0.6 is 11.6 Å². The molecule has 0 amide bonds. The van der Waals surface area contributed by atoms with Crippen molar-refractivity contribution in [3.63, 3.8) is 0 Å². The van der Waals surface area contributed by atoms with E-state index in [-0.39, 0.29) is 11.6 Å². The van der Waals surface area contributed by atoms with Gasteiger partial charge in [0, 0.05) is 22.7 Å². The molecule has 1 atom stereocenters. The number of rotatable bonds is 3. The van der Waals surface area contributed by atoms with E-state index in [0.717, 1.165) is 12.0 Å². The molecule has 0 aromatic heterocycles. The highest BCUT2D eigenvalue weighted by atomic mass is 35.5. The van der Waals surface area contributed by atoms with Crippen molar-refractivity contribution in [1.82, 2.24) is 0 Å². The molecule has 0 bridgehead atoms. The van der Waals surface area contributed by atoms with E-state index in [9.17, 15) is 14.3 Å². The molecule has 3 nitrogen and oxygen atoms in total. The van der Waals surface area contributed by atoms with Gasteiger partial charge in [-0.15, -0.1) is 0 Å². The summed E-state index contributed by atoms with van der Waals surface area (Å²) in [4.78, 5) is 14.1. The highest BCUT2D eigenvalue weighted by Gasteiger charge is 2.29. The lowest BCUT2D eigenvalue weighted by Gasteiger charge is -2.29. The first-order valence-corrected chi connectivity index (χ1v) is 8.32. The summed E-state index contributed by atoms with van der Waals surface area (Å²) >= 11 is 6.35. The maximum absolute atomic E-state index is 13.8. The van der Waals surface area contributed by atoms with Crippen LogP contribution in [-0.2, 0) is 0 Å². The molecule has 1 heterocycles. The third-order valence-corrected chi connectivity index (χ3v) is 4.88. The zero-order valence-electron chi connectivity index (χ0n) is 13.6. The smallest absolute Gasteiger partial charge is 0.160 e. The molecule has 1 N–H and O–H groups in total. The first-order valence-electron chi connectivity index (χ1n) is 7.95. The van der Waals surface area contributed by atoms with Crippen molar-refractivity contribution in [2.75, 3.05) is 11.4 Å². The third kappa shape index (κ3) is 2.92. The maximum atomic E-state index is 13.8. The molecule has 5 heteroatoms. The van der Waals surface area contributed by atoms with Crippen LogP contribution in [0.3, 0.4) is 0 Å². The van der Waals surface area contributed by atoms with Crippen LogP contribution in [0, 0.1) is 12.7 Å². The number of Topliss-reactive ketones (excluding diaryl/α,β-unsaturated/α-hetero) is 1. The van der Waals surface area contributed by atoms with Gasteiger partial charge in [-0.3, -0.25) is 4.79 Å². The Bertz CT molecular complexity index is 806. The van der Waals surface area contributed by atoms with Crippen LogP contribution in [0.2, 0.25) is 5.02 Å². The normalized spacial score (nSPS) is 17.4. The van der Waals surface area contributed by atoms with E-state index in [4.69, 9.17) is 11.6 Å². The Labute approximate surface area is 145 Å². The minimum Gasteiger partial charge on any atom is -0.374 e. The molecule has 1 fully saturated rings. The number of halogens is 2. The van der Waals surface area contributed by atoms with E-state index in [2.05, 4.69) is 0 Å². The van der Waals surface area contributed by atoms with Crippen molar-refractivity contribution >= 4 is 23.1 Å². The van der Waals surface area contributed by atoms with Gasteiger partial charge in [0.15, 0.2) is 5.78 Å². The largest absolute Gasteiger partial charge is 0.374 e. The fraction of sp³-hybridized carbons (Fsp3) is 0.316. The van der Waals surface area contributed by atoms with Gasteiger partial charge in [0.2, 0.25) is 0 Å². The summed E-state index contributed by atoms with van der Waals surface area (Å²) < 4.78 is 13.8. The lowest BCUT2D eigenvalue weighted by Crippen LogP contribution is -2.30. The monoisotopic (exact) mass is 347 g/mol. The van der Waals surface area contributed by atoms with Gasteiger partial charge in [-0.25, -0.2) is 4.39 Å². The van der Waals surface area contributed by atoms with Gasteiger partial charge in [-0.05, 0) is 56.0 Å². The SMILES string of the molecule is CC(=O)c1cc(Cl)c(C)c(N2CCCC2O)c1-c1cccc(F)c1. The molecule has 24 heavy (non-hydrogen) atoms. The summed E-state index contributed by atoms with van der Waals surface area (Å²) in [6.45, 7) is 3.99. The molecule has 2 aromatic carbocycles. The van der Waals surface area contributed by atoms with Crippen LogP contribution in [0.1, 0.15) is 35.7 Å². The minimum atomic E-state index is -0.630. The van der Waals surface area contributed by atoms with Crippen LogP contribution in [0.25, 0.3) is 11.1 Å². The second-order valence-electron chi connectivity index (χ2n) is 6.14. The Hall–Kier alpha value is -1.91. The Balaban J connectivity index is 2.35. The third-order valence-electron chi connectivity index (χ3n) is 4.49. The number of carbonyl (C=O) groups excluding carboxylic acids is 1. The van der Waals surface area contributed by atoms with E-state index < -0.39 is 6.23 Å². The van der Waals surface area contributed by atoms with Crippen LogP contribution in [0.15, 0.2) is 30.3 Å². The van der Waals surface area contributed by atoms with Gasteiger partial charge in [0.25, 0.3) is 0 Å².